The summed E-state index contributed by atoms with van der Waals surface area (Å²) in [6, 6.07) is 3.20. The van der Waals surface area contributed by atoms with E-state index in [4.69, 9.17) is 0 Å². The number of aromatic amines is 1. The van der Waals surface area contributed by atoms with E-state index in [1.54, 1.807) is 23.0 Å². The molecule has 0 unspecified atom stereocenters. The largest absolute Gasteiger partial charge is 0.268 e. The first-order valence-corrected chi connectivity index (χ1v) is 2.89. The maximum absolute atomic E-state index is 10.7. The molecule has 0 aliphatic rings. The van der Waals surface area contributed by atoms with Crippen molar-refractivity contribution in [3.05, 3.63) is 34.9 Å². The molecule has 0 aliphatic carbocycles. The van der Waals surface area contributed by atoms with Gasteiger partial charge in [0.05, 0.1) is 0 Å². The summed E-state index contributed by atoms with van der Waals surface area (Å²) in [4.78, 5) is 14.6. The standard InChI is InChI=1S/C6H5N3O/c10-6-4-5-7-2-1-3-9(5)8-6/h1-4H,(H,8,10). The minimum absolute atomic E-state index is 0.126. The zero-order valence-corrected chi connectivity index (χ0v) is 5.11. The molecule has 1 N–H and O–H groups in total. The average Bonchev–Trinajstić information content (AvgIpc) is 2.27. The highest BCUT2D eigenvalue weighted by atomic mass is 16.1. The molecule has 50 valence electrons. The third-order valence-electron chi connectivity index (χ3n) is 1.27. The van der Waals surface area contributed by atoms with Gasteiger partial charge >= 0.3 is 0 Å². The van der Waals surface area contributed by atoms with Crippen molar-refractivity contribution in [2.24, 2.45) is 0 Å². The summed E-state index contributed by atoms with van der Waals surface area (Å²) in [6.07, 6.45) is 3.38. The van der Waals surface area contributed by atoms with Gasteiger partial charge in [0.2, 0.25) is 0 Å². The molecule has 4 heteroatoms. The number of rotatable bonds is 0. The normalized spacial score (nSPS) is 10.4. The van der Waals surface area contributed by atoms with Crippen molar-refractivity contribution in [3.8, 4) is 0 Å². The van der Waals surface area contributed by atoms with E-state index in [1.807, 2.05) is 0 Å². The summed E-state index contributed by atoms with van der Waals surface area (Å²) in [5.41, 5.74) is 0.520. The van der Waals surface area contributed by atoms with Crippen LogP contribution in [0, 0.1) is 0 Å². The van der Waals surface area contributed by atoms with E-state index in [-0.39, 0.29) is 5.56 Å². The molecule has 4 nitrogen and oxygen atoms in total. The Labute approximate surface area is 56.1 Å². The van der Waals surface area contributed by atoms with Crippen LogP contribution in [0.2, 0.25) is 0 Å². The number of fused-ring (bicyclic) bond motifs is 1. The molecule has 0 bridgehead atoms. The summed E-state index contributed by atoms with van der Waals surface area (Å²) in [5.74, 6) is 0. The molecule has 0 amide bonds. The Bertz CT molecular complexity index is 364. The molecule has 0 spiro atoms. The summed E-state index contributed by atoms with van der Waals surface area (Å²) in [6.45, 7) is 0. The van der Waals surface area contributed by atoms with Crippen LogP contribution in [0.4, 0.5) is 0 Å². The second-order valence-corrected chi connectivity index (χ2v) is 1.97. The van der Waals surface area contributed by atoms with Crippen molar-refractivity contribution in [2.45, 2.75) is 0 Å². The number of nitrogens with zero attached hydrogens (tertiary/aromatic N) is 2. The number of nitrogens with one attached hydrogen (secondary N) is 1. The van der Waals surface area contributed by atoms with Gasteiger partial charge in [-0.05, 0) is 6.07 Å². The average molecular weight is 135 g/mol. The van der Waals surface area contributed by atoms with Crippen molar-refractivity contribution < 1.29 is 0 Å². The van der Waals surface area contributed by atoms with Crippen molar-refractivity contribution >= 4 is 5.65 Å². The fourth-order valence-electron chi connectivity index (χ4n) is 0.852. The molecule has 0 saturated heterocycles. The van der Waals surface area contributed by atoms with Crippen LogP contribution in [0.1, 0.15) is 0 Å². The van der Waals surface area contributed by atoms with Crippen LogP contribution in [0.5, 0.6) is 0 Å². The van der Waals surface area contributed by atoms with Gasteiger partial charge in [0.25, 0.3) is 5.56 Å². The van der Waals surface area contributed by atoms with Crippen molar-refractivity contribution in [1.82, 2.24) is 14.6 Å². The van der Waals surface area contributed by atoms with Crippen LogP contribution in [0.25, 0.3) is 5.65 Å². The number of aromatic nitrogens is 3. The lowest BCUT2D eigenvalue weighted by molar-refractivity contribution is 0.920. The minimum atomic E-state index is -0.126. The molecule has 2 heterocycles. The van der Waals surface area contributed by atoms with Gasteiger partial charge in [-0.25, -0.2) is 9.50 Å². The Balaban J connectivity index is 3.01. The van der Waals surface area contributed by atoms with Crippen LogP contribution >= 0.6 is 0 Å². The molecule has 2 aromatic heterocycles. The van der Waals surface area contributed by atoms with Gasteiger partial charge in [0, 0.05) is 18.5 Å². The lowest BCUT2D eigenvalue weighted by Gasteiger charge is -1.87. The van der Waals surface area contributed by atoms with Gasteiger partial charge < -0.3 is 0 Å². The second-order valence-electron chi connectivity index (χ2n) is 1.97. The molecule has 0 aliphatic heterocycles. The summed E-state index contributed by atoms with van der Waals surface area (Å²) in [5, 5.41) is 2.56. The molecule has 2 aromatic rings. The van der Waals surface area contributed by atoms with Crippen LogP contribution < -0.4 is 5.56 Å². The second kappa shape index (κ2) is 1.70. The van der Waals surface area contributed by atoms with E-state index in [0.717, 1.165) is 0 Å². The maximum Gasteiger partial charge on any atom is 0.266 e. The van der Waals surface area contributed by atoms with Crippen LogP contribution in [0.15, 0.2) is 29.3 Å². The molecule has 0 atom stereocenters. The lowest BCUT2D eigenvalue weighted by Crippen LogP contribution is -1.97. The lowest BCUT2D eigenvalue weighted by atomic mass is 10.6. The van der Waals surface area contributed by atoms with E-state index in [0.29, 0.717) is 5.65 Å². The molecule has 0 fully saturated rings. The van der Waals surface area contributed by atoms with E-state index >= 15 is 0 Å². The first-order chi connectivity index (χ1) is 4.86. The first-order valence-electron chi connectivity index (χ1n) is 2.89. The van der Waals surface area contributed by atoms with Crippen molar-refractivity contribution in [3.63, 3.8) is 0 Å². The predicted octanol–water partition coefficient (Wildman–Crippen LogP) is 0.0226. The van der Waals surface area contributed by atoms with Gasteiger partial charge in [0.1, 0.15) is 0 Å². The van der Waals surface area contributed by atoms with Gasteiger partial charge in [-0.1, -0.05) is 0 Å². The SMILES string of the molecule is O=c1cc2ncccn2[nH]1. The first kappa shape index (κ1) is 5.22. The molecule has 0 aromatic carbocycles. The van der Waals surface area contributed by atoms with Crippen LogP contribution in [0.3, 0.4) is 0 Å². The molecular formula is C6H5N3O. The third kappa shape index (κ3) is 0.621. The Morgan fingerprint density at radius 3 is 3.30 bits per heavy atom. The van der Waals surface area contributed by atoms with Crippen LogP contribution in [-0.4, -0.2) is 14.6 Å². The molecular weight excluding hydrogens is 130 g/mol. The molecule has 2 rings (SSSR count). The van der Waals surface area contributed by atoms with Gasteiger partial charge in [-0.2, -0.15) is 0 Å². The zero-order chi connectivity index (χ0) is 6.97. The molecule has 0 radical (unpaired) electrons. The topological polar surface area (TPSA) is 50.2 Å². The fourth-order valence-corrected chi connectivity index (χ4v) is 0.852. The monoisotopic (exact) mass is 135 g/mol. The quantitative estimate of drug-likeness (QED) is 0.553. The predicted molar refractivity (Wildman–Crippen MR) is 35.8 cm³/mol. The Hall–Kier alpha value is -1.58. The van der Waals surface area contributed by atoms with Gasteiger partial charge in [-0.15, -0.1) is 0 Å². The smallest absolute Gasteiger partial charge is 0.266 e. The summed E-state index contributed by atoms with van der Waals surface area (Å²) in [7, 11) is 0. The van der Waals surface area contributed by atoms with Gasteiger partial charge in [-0.3, -0.25) is 9.89 Å². The van der Waals surface area contributed by atoms with Crippen molar-refractivity contribution in [1.29, 1.82) is 0 Å². The third-order valence-corrected chi connectivity index (χ3v) is 1.27. The Morgan fingerprint density at radius 2 is 2.50 bits per heavy atom. The summed E-state index contributed by atoms with van der Waals surface area (Å²) >= 11 is 0. The van der Waals surface area contributed by atoms with E-state index in [1.165, 1.54) is 6.07 Å². The highest BCUT2D eigenvalue weighted by Crippen LogP contribution is 1.89. The fraction of sp³-hybridized carbons (Fsp3) is 0. The minimum Gasteiger partial charge on any atom is -0.268 e. The Kier molecular flexibility index (Phi) is 0.887. The molecule has 0 saturated carbocycles. The maximum atomic E-state index is 10.7. The van der Waals surface area contributed by atoms with Crippen LogP contribution in [-0.2, 0) is 0 Å². The van der Waals surface area contributed by atoms with E-state index < -0.39 is 0 Å². The summed E-state index contributed by atoms with van der Waals surface area (Å²) < 4.78 is 1.57. The molecule has 10 heavy (non-hydrogen) atoms. The highest BCUT2D eigenvalue weighted by Gasteiger charge is 1.91. The van der Waals surface area contributed by atoms with E-state index in [2.05, 4.69) is 10.1 Å². The van der Waals surface area contributed by atoms with Crippen molar-refractivity contribution in [2.75, 3.05) is 0 Å². The van der Waals surface area contributed by atoms with Gasteiger partial charge in [0.15, 0.2) is 5.65 Å². The van der Waals surface area contributed by atoms with E-state index in [9.17, 15) is 4.79 Å². The number of hydrogen-bond donors (Lipinski definition) is 1. The number of H-pyrrole nitrogens is 1. The Morgan fingerprint density at radius 1 is 1.60 bits per heavy atom. The highest BCUT2D eigenvalue weighted by molar-refractivity contribution is 5.34. The zero-order valence-electron chi connectivity index (χ0n) is 5.11. The number of hydrogen-bond acceptors (Lipinski definition) is 2.